The number of nitrogen functional groups attached to an aromatic ring is 1. The van der Waals surface area contributed by atoms with Gasteiger partial charge in [-0.25, -0.2) is 0 Å². The molecule has 0 saturated heterocycles. The standard InChI is InChI=1S/C13H9BrN2O2/c14-9-1-2-10-7(4-9)3-8-5-12(15)13(16(17)18)6-11(8)10/h1-2,4-6H,3,15H2. The van der Waals surface area contributed by atoms with Crippen LogP contribution in [-0.2, 0) is 6.42 Å². The van der Waals surface area contributed by atoms with Gasteiger partial charge in [0.2, 0.25) is 0 Å². The fraction of sp³-hybridized carbons (Fsp3) is 0.0769. The summed E-state index contributed by atoms with van der Waals surface area (Å²) in [5, 5.41) is 10.9. The van der Waals surface area contributed by atoms with Crippen molar-refractivity contribution >= 4 is 27.3 Å². The normalized spacial score (nSPS) is 12.1. The molecule has 5 heteroatoms. The molecule has 18 heavy (non-hydrogen) atoms. The van der Waals surface area contributed by atoms with Crippen LogP contribution < -0.4 is 5.73 Å². The van der Waals surface area contributed by atoms with Crippen molar-refractivity contribution in [1.29, 1.82) is 0 Å². The Morgan fingerprint density at radius 2 is 1.89 bits per heavy atom. The summed E-state index contributed by atoms with van der Waals surface area (Å²) in [6.07, 6.45) is 0.770. The van der Waals surface area contributed by atoms with Crippen molar-refractivity contribution in [2.24, 2.45) is 0 Å². The van der Waals surface area contributed by atoms with E-state index in [1.807, 2.05) is 18.2 Å². The predicted octanol–water partition coefficient (Wildman–Crippen LogP) is 3.51. The number of nitrogens with two attached hydrogens (primary N) is 1. The first-order valence-corrected chi connectivity index (χ1v) is 6.21. The van der Waals surface area contributed by atoms with Crippen LogP contribution in [0.5, 0.6) is 0 Å². The third-order valence-electron chi connectivity index (χ3n) is 3.19. The molecule has 0 bridgehead atoms. The molecule has 4 nitrogen and oxygen atoms in total. The second kappa shape index (κ2) is 3.81. The Morgan fingerprint density at radius 3 is 2.61 bits per heavy atom. The molecule has 2 aromatic carbocycles. The van der Waals surface area contributed by atoms with Crippen LogP contribution in [-0.4, -0.2) is 4.92 Å². The van der Waals surface area contributed by atoms with Gasteiger partial charge in [0.05, 0.1) is 4.92 Å². The number of halogens is 1. The molecule has 90 valence electrons. The number of nitrogens with zero attached hydrogens (tertiary/aromatic N) is 1. The molecule has 0 heterocycles. The van der Waals surface area contributed by atoms with E-state index in [1.165, 1.54) is 5.56 Å². The van der Waals surface area contributed by atoms with Gasteiger partial charge in [-0.3, -0.25) is 10.1 Å². The zero-order chi connectivity index (χ0) is 12.9. The number of nitro benzene ring substituents is 1. The van der Waals surface area contributed by atoms with E-state index >= 15 is 0 Å². The molecule has 1 aliphatic carbocycles. The molecule has 3 rings (SSSR count). The van der Waals surface area contributed by atoms with Gasteiger partial charge in [-0.15, -0.1) is 0 Å². The van der Waals surface area contributed by atoms with Gasteiger partial charge in [-0.2, -0.15) is 0 Å². The van der Waals surface area contributed by atoms with Crippen LogP contribution in [0.25, 0.3) is 11.1 Å². The van der Waals surface area contributed by atoms with E-state index in [1.54, 1.807) is 12.1 Å². The van der Waals surface area contributed by atoms with Crippen LogP contribution in [0.4, 0.5) is 11.4 Å². The molecule has 0 radical (unpaired) electrons. The van der Waals surface area contributed by atoms with Crippen LogP contribution in [0, 0.1) is 10.1 Å². The van der Waals surface area contributed by atoms with Gasteiger partial charge in [0.25, 0.3) is 5.69 Å². The van der Waals surface area contributed by atoms with Crippen molar-refractivity contribution in [2.75, 3.05) is 5.73 Å². The van der Waals surface area contributed by atoms with Gasteiger partial charge in [0, 0.05) is 10.5 Å². The molecule has 0 amide bonds. The Balaban J connectivity index is 2.23. The monoisotopic (exact) mass is 304 g/mol. The lowest BCUT2D eigenvalue weighted by molar-refractivity contribution is -0.383. The highest BCUT2D eigenvalue weighted by Gasteiger charge is 2.23. The summed E-state index contributed by atoms with van der Waals surface area (Å²) in [7, 11) is 0. The lowest BCUT2D eigenvalue weighted by atomic mass is 10.0. The average Bonchev–Trinajstić information content (AvgIpc) is 2.63. The highest BCUT2D eigenvalue weighted by atomic mass is 79.9. The maximum Gasteiger partial charge on any atom is 0.292 e. The molecule has 0 spiro atoms. The van der Waals surface area contributed by atoms with Crippen LogP contribution in [0.2, 0.25) is 0 Å². The number of nitro groups is 1. The molecule has 1 aliphatic rings. The molecule has 0 atom stereocenters. The Kier molecular flexibility index (Phi) is 2.38. The van der Waals surface area contributed by atoms with E-state index in [2.05, 4.69) is 15.9 Å². The fourth-order valence-corrected chi connectivity index (χ4v) is 2.79. The van der Waals surface area contributed by atoms with Gasteiger partial charge >= 0.3 is 0 Å². The first-order valence-electron chi connectivity index (χ1n) is 5.42. The maximum atomic E-state index is 10.9. The molecule has 0 aromatic heterocycles. The smallest absolute Gasteiger partial charge is 0.292 e. The zero-order valence-corrected chi connectivity index (χ0v) is 10.9. The summed E-state index contributed by atoms with van der Waals surface area (Å²) < 4.78 is 1.01. The summed E-state index contributed by atoms with van der Waals surface area (Å²) in [6.45, 7) is 0. The van der Waals surface area contributed by atoms with E-state index in [9.17, 15) is 10.1 Å². The topological polar surface area (TPSA) is 69.2 Å². The minimum absolute atomic E-state index is 0.0236. The van der Waals surface area contributed by atoms with Crippen LogP contribution in [0.3, 0.4) is 0 Å². The lowest BCUT2D eigenvalue weighted by Gasteiger charge is -2.03. The van der Waals surface area contributed by atoms with Gasteiger partial charge < -0.3 is 5.73 Å². The van der Waals surface area contributed by atoms with Gasteiger partial charge in [0.1, 0.15) is 5.69 Å². The molecule has 0 aliphatic heterocycles. The quantitative estimate of drug-likeness (QED) is 0.425. The van der Waals surface area contributed by atoms with Gasteiger partial charge in [0.15, 0.2) is 0 Å². The van der Waals surface area contributed by atoms with Crippen molar-refractivity contribution in [3.05, 3.63) is 56.0 Å². The number of benzene rings is 2. The third kappa shape index (κ3) is 1.59. The second-order valence-electron chi connectivity index (χ2n) is 4.30. The van der Waals surface area contributed by atoms with Crippen molar-refractivity contribution in [3.63, 3.8) is 0 Å². The Morgan fingerprint density at radius 1 is 1.17 bits per heavy atom. The molecule has 0 saturated carbocycles. The van der Waals surface area contributed by atoms with E-state index in [4.69, 9.17) is 5.73 Å². The summed E-state index contributed by atoms with van der Waals surface area (Å²) in [6, 6.07) is 9.24. The van der Waals surface area contributed by atoms with Crippen molar-refractivity contribution in [1.82, 2.24) is 0 Å². The summed E-state index contributed by atoms with van der Waals surface area (Å²) in [4.78, 5) is 10.5. The van der Waals surface area contributed by atoms with Crippen LogP contribution in [0.15, 0.2) is 34.8 Å². The number of rotatable bonds is 1. The van der Waals surface area contributed by atoms with E-state index in [0.29, 0.717) is 0 Å². The van der Waals surface area contributed by atoms with E-state index in [-0.39, 0.29) is 11.4 Å². The number of hydrogen-bond donors (Lipinski definition) is 1. The molecular formula is C13H9BrN2O2. The molecule has 2 N–H and O–H groups in total. The molecule has 2 aromatic rings. The number of hydrogen-bond acceptors (Lipinski definition) is 3. The Labute approximate surface area is 112 Å². The highest BCUT2D eigenvalue weighted by Crippen LogP contribution is 2.41. The zero-order valence-electron chi connectivity index (χ0n) is 9.31. The Bertz CT molecular complexity index is 683. The van der Waals surface area contributed by atoms with Gasteiger partial charge in [-0.05, 0) is 46.9 Å². The van der Waals surface area contributed by atoms with E-state index in [0.717, 1.165) is 27.6 Å². The SMILES string of the molecule is Nc1cc2c(cc1[N+](=O)[O-])-c1ccc(Br)cc1C2. The minimum atomic E-state index is -0.438. The maximum absolute atomic E-state index is 10.9. The number of anilines is 1. The van der Waals surface area contributed by atoms with E-state index < -0.39 is 4.92 Å². The second-order valence-corrected chi connectivity index (χ2v) is 5.22. The fourth-order valence-electron chi connectivity index (χ4n) is 2.38. The van der Waals surface area contributed by atoms with Crippen LogP contribution >= 0.6 is 15.9 Å². The summed E-state index contributed by atoms with van der Waals surface area (Å²) in [5.41, 5.74) is 10.1. The van der Waals surface area contributed by atoms with Crippen molar-refractivity contribution < 1.29 is 4.92 Å². The first-order chi connectivity index (χ1) is 8.56. The van der Waals surface area contributed by atoms with Crippen molar-refractivity contribution in [3.8, 4) is 11.1 Å². The van der Waals surface area contributed by atoms with Crippen LogP contribution in [0.1, 0.15) is 11.1 Å². The summed E-state index contributed by atoms with van der Waals surface area (Å²) in [5.74, 6) is 0. The highest BCUT2D eigenvalue weighted by molar-refractivity contribution is 9.10. The molecule has 0 unspecified atom stereocenters. The Hall–Kier alpha value is -1.88. The average molecular weight is 305 g/mol. The lowest BCUT2D eigenvalue weighted by Crippen LogP contribution is -1.97. The molecular weight excluding hydrogens is 296 g/mol. The largest absolute Gasteiger partial charge is 0.393 e. The summed E-state index contributed by atoms with van der Waals surface area (Å²) >= 11 is 3.43. The minimum Gasteiger partial charge on any atom is -0.393 e. The van der Waals surface area contributed by atoms with Crippen molar-refractivity contribution in [2.45, 2.75) is 6.42 Å². The van der Waals surface area contributed by atoms with Gasteiger partial charge in [-0.1, -0.05) is 22.0 Å². The predicted molar refractivity (Wildman–Crippen MR) is 73.5 cm³/mol. The number of fused-ring (bicyclic) bond motifs is 3. The molecule has 0 fully saturated rings. The third-order valence-corrected chi connectivity index (χ3v) is 3.68. The first kappa shape index (κ1) is 11.2.